The number of carbonyl (C=O) groups is 1. The number of nitrogens with one attached hydrogen (secondary N) is 2. The van der Waals surface area contributed by atoms with E-state index >= 15 is 0 Å². The number of urea groups is 1. The van der Waals surface area contributed by atoms with Crippen molar-refractivity contribution in [1.82, 2.24) is 0 Å². The van der Waals surface area contributed by atoms with Crippen LogP contribution in [0.4, 0.5) is 42.5 Å². The van der Waals surface area contributed by atoms with Crippen molar-refractivity contribution in [2.45, 2.75) is 12.4 Å². The molecule has 0 aromatic heterocycles. The maximum absolute atomic E-state index is 12.9. The first-order chi connectivity index (χ1) is 12.9. The van der Waals surface area contributed by atoms with Crippen LogP contribution in [-0.4, -0.2) is 6.03 Å². The van der Waals surface area contributed by atoms with Gasteiger partial charge in [0.15, 0.2) is 0 Å². The Balaban J connectivity index is 2.32. The molecule has 0 atom stereocenters. The Hall–Kier alpha value is -3.59. The highest BCUT2D eigenvalue weighted by molar-refractivity contribution is 6.00. The molecule has 0 aliphatic carbocycles. The zero-order chi connectivity index (χ0) is 21.1. The molecule has 2 aromatic rings. The fourth-order valence-corrected chi connectivity index (χ4v) is 2.17. The quantitative estimate of drug-likeness (QED) is 0.523. The van der Waals surface area contributed by atoms with Crippen LogP contribution in [0.15, 0.2) is 36.4 Å². The third kappa shape index (κ3) is 4.98. The van der Waals surface area contributed by atoms with Crippen LogP contribution in [0.1, 0.15) is 22.3 Å². The molecule has 0 saturated heterocycles. The predicted octanol–water partition coefficient (Wildman–Crippen LogP) is 5.33. The Labute approximate surface area is 155 Å². The number of hydrogen-bond donors (Lipinski definition) is 2. The van der Waals surface area contributed by atoms with E-state index in [0.717, 1.165) is 0 Å². The molecule has 0 heterocycles. The number of rotatable bonds is 2. The molecule has 0 spiro atoms. The summed E-state index contributed by atoms with van der Waals surface area (Å²) < 4.78 is 77.1. The predicted molar refractivity (Wildman–Crippen MR) is 91.4 cm³/mol. The number of anilines is 2. The van der Waals surface area contributed by atoms with E-state index in [9.17, 15) is 31.1 Å². The molecule has 0 unspecified atom stereocenters. The van der Waals surface area contributed by atoms with Crippen LogP contribution in [0.5, 0.6) is 0 Å². The van der Waals surface area contributed by atoms with Crippen LogP contribution < -0.4 is 10.6 Å². The van der Waals surface area contributed by atoms with Crippen LogP contribution in [0.25, 0.3) is 0 Å². The average molecular weight is 396 g/mol. The van der Waals surface area contributed by atoms with E-state index in [1.165, 1.54) is 18.2 Å². The van der Waals surface area contributed by atoms with E-state index in [1.54, 1.807) is 0 Å². The summed E-state index contributed by atoms with van der Waals surface area (Å²) in [5.74, 6) is 4.59. The van der Waals surface area contributed by atoms with Gasteiger partial charge in [-0.25, -0.2) is 4.79 Å². The molecule has 2 rings (SSSR count). The van der Waals surface area contributed by atoms with Gasteiger partial charge in [-0.05, 0) is 36.4 Å². The Morgan fingerprint density at radius 3 is 1.86 bits per heavy atom. The minimum atomic E-state index is -5.03. The smallest absolute Gasteiger partial charge is 0.308 e. The lowest BCUT2D eigenvalue weighted by Crippen LogP contribution is -2.21. The van der Waals surface area contributed by atoms with E-state index < -0.39 is 35.2 Å². The van der Waals surface area contributed by atoms with Gasteiger partial charge in [-0.15, -0.1) is 12.8 Å². The third-order valence-corrected chi connectivity index (χ3v) is 3.44. The number of terminal acetylenes is 2. The van der Waals surface area contributed by atoms with Gasteiger partial charge in [0.25, 0.3) is 0 Å². The first kappa shape index (κ1) is 20.7. The van der Waals surface area contributed by atoms with Crippen molar-refractivity contribution in [3.63, 3.8) is 0 Å². The van der Waals surface area contributed by atoms with Crippen molar-refractivity contribution in [1.29, 1.82) is 0 Å². The summed E-state index contributed by atoms with van der Waals surface area (Å²) >= 11 is 0. The molecule has 3 nitrogen and oxygen atoms in total. The number of halogens is 6. The van der Waals surface area contributed by atoms with Gasteiger partial charge in [-0.2, -0.15) is 26.3 Å². The Morgan fingerprint density at radius 2 is 1.39 bits per heavy atom. The van der Waals surface area contributed by atoms with E-state index in [0.29, 0.717) is 17.7 Å². The normalized spacial score (nSPS) is 11.3. The van der Waals surface area contributed by atoms with Gasteiger partial charge in [0.2, 0.25) is 0 Å². The summed E-state index contributed by atoms with van der Waals surface area (Å²) in [5.41, 5.74) is -3.10. The molecule has 2 aromatic carbocycles. The molecule has 0 aliphatic rings. The van der Waals surface area contributed by atoms with Crippen molar-refractivity contribution < 1.29 is 31.1 Å². The molecule has 0 saturated carbocycles. The van der Waals surface area contributed by atoms with Crippen molar-refractivity contribution in [3.8, 4) is 24.7 Å². The SMILES string of the molecule is C#Cc1ccc(NC(=O)Nc2cc(C(F)(F)F)cc(C(F)(F)F)c2)c(C#C)c1. The second-order valence-electron chi connectivity index (χ2n) is 5.42. The summed E-state index contributed by atoms with van der Waals surface area (Å²) in [4.78, 5) is 12.0. The summed E-state index contributed by atoms with van der Waals surface area (Å²) in [5, 5.41) is 4.19. The summed E-state index contributed by atoms with van der Waals surface area (Å²) in [6.07, 6.45) is 0.457. The minimum Gasteiger partial charge on any atom is -0.308 e. The minimum absolute atomic E-state index is 0.0436. The van der Waals surface area contributed by atoms with Crippen LogP contribution in [0.3, 0.4) is 0 Å². The van der Waals surface area contributed by atoms with Gasteiger partial charge in [-0.3, -0.25) is 0 Å². The second kappa shape index (κ2) is 7.57. The first-order valence-electron chi connectivity index (χ1n) is 7.39. The fraction of sp³-hybridized carbons (Fsp3) is 0.105. The molecule has 0 radical (unpaired) electrons. The maximum Gasteiger partial charge on any atom is 0.416 e. The zero-order valence-corrected chi connectivity index (χ0v) is 13.8. The number of carbonyl (C=O) groups excluding carboxylic acids is 1. The van der Waals surface area contributed by atoms with Crippen molar-refractivity contribution in [3.05, 3.63) is 58.7 Å². The second-order valence-corrected chi connectivity index (χ2v) is 5.42. The van der Waals surface area contributed by atoms with E-state index in [4.69, 9.17) is 12.8 Å². The lowest BCUT2D eigenvalue weighted by molar-refractivity contribution is -0.143. The standard InChI is InChI=1S/C19H10F6N2O/c1-3-11-5-6-16(12(4-2)7-11)27-17(28)26-15-9-13(18(20,21)22)8-14(10-15)19(23,24)25/h1-2,5-10H,(H2,26,27,28). The molecule has 0 bridgehead atoms. The van der Waals surface area contributed by atoms with Gasteiger partial charge in [-0.1, -0.05) is 11.8 Å². The molecule has 28 heavy (non-hydrogen) atoms. The molecule has 0 aliphatic heterocycles. The lowest BCUT2D eigenvalue weighted by atomic mass is 10.1. The van der Waals surface area contributed by atoms with Crippen LogP contribution in [-0.2, 0) is 12.4 Å². The fourth-order valence-electron chi connectivity index (χ4n) is 2.17. The highest BCUT2D eigenvalue weighted by atomic mass is 19.4. The number of alkyl halides is 6. The zero-order valence-electron chi connectivity index (χ0n) is 13.8. The topological polar surface area (TPSA) is 41.1 Å². The highest BCUT2D eigenvalue weighted by Gasteiger charge is 2.37. The van der Waals surface area contributed by atoms with Crippen LogP contribution in [0.2, 0.25) is 0 Å². The molecule has 2 amide bonds. The molecular formula is C19H10F6N2O. The number of amides is 2. The van der Waals surface area contributed by atoms with Crippen LogP contribution in [0, 0.1) is 24.7 Å². The maximum atomic E-state index is 12.9. The Bertz CT molecular complexity index is 961. The van der Waals surface area contributed by atoms with E-state index in [-0.39, 0.29) is 17.3 Å². The number of benzene rings is 2. The number of hydrogen-bond acceptors (Lipinski definition) is 1. The Kier molecular flexibility index (Phi) is 5.60. The average Bonchev–Trinajstić information content (AvgIpc) is 2.60. The van der Waals surface area contributed by atoms with E-state index in [2.05, 4.69) is 17.2 Å². The van der Waals surface area contributed by atoms with Gasteiger partial charge < -0.3 is 10.6 Å². The first-order valence-corrected chi connectivity index (χ1v) is 7.39. The summed E-state index contributed by atoms with van der Waals surface area (Å²) in [7, 11) is 0. The highest BCUT2D eigenvalue weighted by Crippen LogP contribution is 2.37. The summed E-state index contributed by atoms with van der Waals surface area (Å²) in [6.45, 7) is 0. The van der Waals surface area contributed by atoms with Gasteiger partial charge >= 0.3 is 18.4 Å². The van der Waals surface area contributed by atoms with Gasteiger partial charge in [0.1, 0.15) is 0 Å². The van der Waals surface area contributed by atoms with Crippen molar-refractivity contribution >= 4 is 17.4 Å². The molecule has 9 heteroatoms. The third-order valence-electron chi connectivity index (χ3n) is 3.44. The molecule has 144 valence electrons. The largest absolute Gasteiger partial charge is 0.416 e. The van der Waals surface area contributed by atoms with E-state index in [1.807, 2.05) is 5.32 Å². The Morgan fingerprint density at radius 1 is 0.821 bits per heavy atom. The van der Waals surface area contributed by atoms with Gasteiger partial charge in [0, 0.05) is 16.8 Å². The van der Waals surface area contributed by atoms with Gasteiger partial charge in [0.05, 0.1) is 16.8 Å². The van der Waals surface area contributed by atoms with Crippen molar-refractivity contribution in [2.75, 3.05) is 10.6 Å². The van der Waals surface area contributed by atoms with Crippen molar-refractivity contribution in [2.24, 2.45) is 0 Å². The molecular weight excluding hydrogens is 386 g/mol. The molecule has 2 N–H and O–H groups in total. The lowest BCUT2D eigenvalue weighted by Gasteiger charge is -2.15. The summed E-state index contributed by atoms with van der Waals surface area (Å²) in [6, 6.07) is 3.85. The molecule has 0 fully saturated rings. The van der Waals surface area contributed by atoms with Crippen LogP contribution >= 0.6 is 0 Å². The monoisotopic (exact) mass is 396 g/mol.